The standard InChI is InChI=1S/C28H32F2N5O6PS/c29-19-14-31-33-24(19)15-8-10-34(11-9-15)28(38)21-6-5-18-2-1-3-20(27(37)35(18)21)32-26(36)23-13-17-12-16(4-7-22(17)43-23)25(30)42(39,40)41/h4,7,12-15,18,20-21,25H,1-3,5-6,8-11H2,(H,31,33)(H,32,36)(H2,39,40,41)/t18-,20-,21-,25?/m0/s1. The molecule has 0 aliphatic carbocycles. The first-order chi connectivity index (χ1) is 20.5. The van der Waals surface area contributed by atoms with Gasteiger partial charge in [-0.1, -0.05) is 6.07 Å². The number of thiophene rings is 1. The highest BCUT2D eigenvalue weighted by Crippen LogP contribution is 2.53. The Labute approximate surface area is 249 Å². The molecular weight excluding hydrogens is 603 g/mol. The van der Waals surface area contributed by atoms with E-state index in [2.05, 4.69) is 15.5 Å². The number of piperidine rings is 1. The Morgan fingerprint density at radius 3 is 2.58 bits per heavy atom. The number of aromatic nitrogens is 2. The van der Waals surface area contributed by atoms with Crippen LogP contribution in [0.5, 0.6) is 0 Å². The van der Waals surface area contributed by atoms with E-state index >= 15 is 0 Å². The number of halogens is 2. The minimum absolute atomic E-state index is 0.0488. The van der Waals surface area contributed by atoms with E-state index < -0.39 is 31.5 Å². The van der Waals surface area contributed by atoms with Gasteiger partial charge in [0.2, 0.25) is 17.7 Å². The molecule has 4 atom stereocenters. The van der Waals surface area contributed by atoms with E-state index in [1.807, 2.05) is 0 Å². The minimum atomic E-state index is -4.98. The highest BCUT2D eigenvalue weighted by molar-refractivity contribution is 7.51. The Hall–Kier alpha value is -3.19. The third kappa shape index (κ3) is 5.85. The maximum absolute atomic E-state index is 14.2. The molecule has 2 aromatic heterocycles. The van der Waals surface area contributed by atoms with E-state index in [0.717, 1.165) is 24.0 Å². The molecule has 0 saturated carbocycles. The van der Waals surface area contributed by atoms with Crippen LogP contribution in [0.3, 0.4) is 0 Å². The van der Waals surface area contributed by atoms with Crippen LogP contribution in [-0.4, -0.2) is 78.7 Å². The average Bonchev–Trinajstić information content (AvgIpc) is 3.70. The van der Waals surface area contributed by atoms with Crippen LogP contribution in [0.2, 0.25) is 0 Å². The normalized spacial score (nSPS) is 24.2. The molecule has 1 aromatic carbocycles. The SMILES string of the molecule is O=C(N[C@H]1CCC[C@H]2CC[C@@H](C(=O)N3CCC(c4[nH]ncc4F)CC3)N2C1=O)c1cc2cc(C(F)P(=O)(O)O)ccc2s1. The van der Waals surface area contributed by atoms with E-state index in [-0.39, 0.29) is 40.0 Å². The molecule has 3 amide bonds. The lowest BCUT2D eigenvalue weighted by molar-refractivity contribution is -0.146. The smallest absolute Gasteiger partial charge is 0.341 e. The minimum Gasteiger partial charge on any atom is -0.341 e. The fourth-order valence-electron chi connectivity index (χ4n) is 6.65. The van der Waals surface area contributed by atoms with Crippen LogP contribution in [0.15, 0.2) is 30.5 Å². The van der Waals surface area contributed by atoms with Crippen molar-refractivity contribution in [3.8, 4) is 0 Å². The molecule has 3 aliphatic rings. The zero-order valence-electron chi connectivity index (χ0n) is 23.1. The molecule has 0 radical (unpaired) electrons. The number of alkyl halides is 1. The number of H-pyrrole nitrogens is 1. The summed E-state index contributed by atoms with van der Waals surface area (Å²) in [6, 6.07) is 4.10. The summed E-state index contributed by atoms with van der Waals surface area (Å²) in [6.07, 6.45) is 5.47. The molecule has 3 fully saturated rings. The highest BCUT2D eigenvalue weighted by Gasteiger charge is 2.46. The van der Waals surface area contributed by atoms with Crippen LogP contribution in [0, 0.1) is 5.82 Å². The maximum atomic E-state index is 14.2. The molecule has 4 N–H and O–H groups in total. The van der Waals surface area contributed by atoms with Gasteiger partial charge in [-0.2, -0.15) is 5.10 Å². The number of hydrogen-bond donors (Lipinski definition) is 4. The summed E-state index contributed by atoms with van der Waals surface area (Å²) < 4.78 is 40.2. The third-order valence-corrected chi connectivity index (χ3v) is 10.8. The van der Waals surface area contributed by atoms with Crippen LogP contribution >= 0.6 is 18.9 Å². The van der Waals surface area contributed by atoms with Gasteiger partial charge < -0.3 is 24.9 Å². The van der Waals surface area contributed by atoms with Gasteiger partial charge in [0.25, 0.3) is 5.91 Å². The quantitative estimate of drug-likeness (QED) is 0.299. The molecule has 1 unspecified atom stereocenters. The van der Waals surface area contributed by atoms with Gasteiger partial charge in [-0.15, -0.1) is 11.3 Å². The van der Waals surface area contributed by atoms with Gasteiger partial charge in [-0.25, -0.2) is 8.78 Å². The number of hydrogen-bond acceptors (Lipinski definition) is 6. The van der Waals surface area contributed by atoms with Crippen LogP contribution in [0.4, 0.5) is 8.78 Å². The van der Waals surface area contributed by atoms with Crippen LogP contribution in [0.25, 0.3) is 10.1 Å². The highest BCUT2D eigenvalue weighted by atomic mass is 32.1. The first kappa shape index (κ1) is 29.9. The molecule has 43 heavy (non-hydrogen) atoms. The second-order valence-corrected chi connectivity index (χ2v) is 14.2. The lowest BCUT2D eigenvalue weighted by atomic mass is 9.93. The molecule has 3 saturated heterocycles. The molecule has 3 aliphatic heterocycles. The van der Waals surface area contributed by atoms with Crippen molar-refractivity contribution >= 4 is 46.7 Å². The Morgan fingerprint density at radius 2 is 1.88 bits per heavy atom. The fraction of sp³-hybridized carbons (Fsp3) is 0.500. The lowest BCUT2D eigenvalue weighted by Crippen LogP contribution is -2.55. The average molecular weight is 636 g/mol. The van der Waals surface area contributed by atoms with E-state index in [1.165, 1.54) is 24.3 Å². The molecule has 230 valence electrons. The van der Waals surface area contributed by atoms with Crippen LogP contribution in [-0.2, 0) is 14.2 Å². The Balaban J connectivity index is 1.13. The number of likely N-dealkylation sites (tertiary alicyclic amines) is 1. The van der Waals surface area contributed by atoms with Crippen molar-refractivity contribution in [1.82, 2.24) is 25.3 Å². The van der Waals surface area contributed by atoms with Gasteiger partial charge in [0.15, 0.2) is 5.82 Å². The summed E-state index contributed by atoms with van der Waals surface area (Å²) in [5, 5.41) is 9.77. The predicted octanol–water partition coefficient (Wildman–Crippen LogP) is 3.96. The number of benzene rings is 1. The Kier molecular flexibility index (Phi) is 8.14. The molecule has 3 aromatic rings. The number of nitrogens with one attached hydrogen (secondary N) is 2. The molecule has 6 rings (SSSR count). The lowest BCUT2D eigenvalue weighted by Gasteiger charge is -2.37. The molecule has 11 nitrogen and oxygen atoms in total. The summed E-state index contributed by atoms with van der Waals surface area (Å²) >= 11 is 1.13. The third-order valence-electron chi connectivity index (χ3n) is 8.85. The van der Waals surface area contributed by atoms with Crippen molar-refractivity contribution in [3.05, 3.63) is 52.4 Å². The zero-order valence-corrected chi connectivity index (χ0v) is 24.8. The number of carbonyl (C=O) groups is 3. The van der Waals surface area contributed by atoms with E-state index in [9.17, 15) is 37.5 Å². The number of nitrogens with zero attached hydrogens (tertiary/aromatic N) is 3. The number of aromatic amines is 1. The monoisotopic (exact) mass is 635 g/mol. The van der Waals surface area contributed by atoms with Gasteiger partial charge in [-0.05, 0) is 74.1 Å². The zero-order chi connectivity index (χ0) is 30.5. The van der Waals surface area contributed by atoms with Gasteiger partial charge in [0.1, 0.15) is 12.1 Å². The fourth-order valence-corrected chi connectivity index (χ4v) is 8.14. The number of carbonyl (C=O) groups excluding carboxylic acids is 3. The number of amides is 3. The summed E-state index contributed by atoms with van der Waals surface area (Å²) in [6.45, 7) is 0.909. The second-order valence-electron chi connectivity index (χ2n) is 11.5. The summed E-state index contributed by atoms with van der Waals surface area (Å²) in [5.41, 5.74) is 0.277. The summed E-state index contributed by atoms with van der Waals surface area (Å²) in [5.74, 6) is -3.78. The predicted molar refractivity (Wildman–Crippen MR) is 154 cm³/mol. The molecule has 15 heteroatoms. The van der Waals surface area contributed by atoms with E-state index in [4.69, 9.17) is 0 Å². The first-order valence-electron chi connectivity index (χ1n) is 14.3. The van der Waals surface area contributed by atoms with Gasteiger partial charge >= 0.3 is 7.60 Å². The van der Waals surface area contributed by atoms with Crippen molar-refractivity contribution in [1.29, 1.82) is 0 Å². The van der Waals surface area contributed by atoms with Crippen molar-refractivity contribution < 1.29 is 37.5 Å². The molecule has 0 spiro atoms. The maximum Gasteiger partial charge on any atom is 0.363 e. The first-order valence-corrected chi connectivity index (χ1v) is 16.8. The summed E-state index contributed by atoms with van der Waals surface area (Å²) in [4.78, 5) is 62.7. The molecule has 5 heterocycles. The van der Waals surface area contributed by atoms with Crippen molar-refractivity contribution in [2.75, 3.05) is 13.1 Å². The Morgan fingerprint density at radius 1 is 1.12 bits per heavy atom. The largest absolute Gasteiger partial charge is 0.363 e. The van der Waals surface area contributed by atoms with Crippen molar-refractivity contribution in [2.24, 2.45) is 0 Å². The number of rotatable bonds is 6. The van der Waals surface area contributed by atoms with E-state index in [1.54, 1.807) is 9.80 Å². The topological polar surface area (TPSA) is 156 Å². The van der Waals surface area contributed by atoms with Crippen LogP contribution in [0.1, 0.15) is 77.7 Å². The van der Waals surface area contributed by atoms with Crippen LogP contribution < -0.4 is 5.32 Å². The van der Waals surface area contributed by atoms with E-state index in [0.29, 0.717) is 67.4 Å². The molecular formula is C28H32F2N5O6PS. The van der Waals surface area contributed by atoms with Gasteiger partial charge in [0, 0.05) is 29.7 Å². The Bertz CT molecular complexity index is 1600. The summed E-state index contributed by atoms with van der Waals surface area (Å²) in [7, 11) is -4.98. The van der Waals surface area contributed by atoms with Gasteiger partial charge in [0.05, 0.1) is 16.8 Å². The number of fused-ring (bicyclic) bond motifs is 2. The van der Waals surface area contributed by atoms with Crippen molar-refractivity contribution in [3.63, 3.8) is 0 Å². The van der Waals surface area contributed by atoms with Crippen molar-refractivity contribution in [2.45, 2.75) is 74.9 Å². The molecule has 0 bridgehead atoms. The second kappa shape index (κ2) is 11.7. The van der Waals surface area contributed by atoms with Gasteiger partial charge in [-0.3, -0.25) is 24.0 Å².